The lowest BCUT2D eigenvalue weighted by Crippen LogP contribution is -2.09. The van der Waals surface area contributed by atoms with Crippen molar-refractivity contribution in [1.82, 2.24) is 0 Å². The minimum Gasteiger partial charge on any atom is -0.508 e. The van der Waals surface area contributed by atoms with Crippen LogP contribution < -0.4 is 5.32 Å². The molecule has 0 amide bonds. The molecule has 0 saturated heterocycles. The van der Waals surface area contributed by atoms with Gasteiger partial charge in [0.25, 0.3) is 0 Å². The van der Waals surface area contributed by atoms with Crippen molar-refractivity contribution in [3.63, 3.8) is 0 Å². The first-order chi connectivity index (χ1) is 9.61. The lowest BCUT2D eigenvalue weighted by Gasteiger charge is -2.11. The van der Waals surface area contributed by atoms with E-state index in [2.05, 4.69) is 5.32 Å². The Hall–Kier alpha value is -2.49. The summed E-state index contributed by atoms with van der Waals surface area (Å²) in [4.78, 5) is 11.7. The van der Waals surface area contributed by atoms with E-state index in [1.54, 1.807) is 18.2 Å². The highest BCUT2D eigenvalue weighted by Gasteiger charge is 2.10. The van der Waals surface area contributed by atoms with E-state index in [1.807, 2.05) is 31.2 Å². The van der Waals surface area contributed by atoms with E-state index in [0.717, 1.165) is 16.8 Å². The first-order valence-corrected chi connectivity index (χ1v) is 6.31. The molecule has 0 aliphatic rings. The summed E-state index contributed by atoms with van der Waals surface area (Å²) in [6.07, 6.45) is 0. The van der Waals surface area contributed by atoms with Gasteiger partial charge in [0.05, 0.1) is 12.7 Å². The van der Waals surface area contributed by atoms with Crippen LogP contribution in [-0.4, -0.2) is 18.2 Å². The van der Waals surface area contributed by atoms with E-state index in [-0.39, 0.29) is 11.7 Å². The molecule has 0 atom stereocenters. The fourth-order valence-corrected chi connectivity index (χ4v) is 1.90. The van der Waals surface area contributed by atoms with Gasteiger partial charge in [0.2, 0.25) is 0 Å². The molecular weight excluding hydrogens is 254 g/mol. The predicted molar refractivity (Wildman–Crippen MR) is 78.0 cm³/mol. The number of benzene rings is 2. The summed E-state index contributed by atoms with van der Waals surface area (Å²) < 4.78 is 4.76. The standard InChI is InChI=1S/C16H17NO3/c1-11-7-8-13(9-15(11)18)17-10-12-5-3-4-6-14(12)16(19)20-2/h3-9,17-18H,10H2,1-2H3. The first-order valence-electron chi connectivity index (χ1n) is 6.31. The Balaban J connectivity index is 2.14. The van der Waals surface area contributed by atoms with Crippen molar-refractivity contribution in [1.29, 1.82) is 0 Å². The second-order valence-electron chi connectivity index (χ2n) is 4.50. The number of carbonyl (C=O) groups excluding carboxylic acids is 1. The predicted octanol–water partition coefficient (Wildman–Crippen LogP) is 3.10. The second kappa shape index (κ2) is 6.10. The molecule has 104 valence electrons. The molecule has 0 bridgehead atoms. The van der Waals surface area contributed by atoms with Crippen LogP contribution in [0.25, 0.3) is 0 Å². The highest BCUT2D eigenvalue weighted by Crippen LogP contribution is 2.21. The van der Waals surface area contributed by atoms with Crippen LogP contribution in [0, 0.1) is 6.92 Å². The van der Waals surface area contributed by atoms with Gasteiger partial charge in [-0.05, 0) is 30.2 Å². The maximum absolute atomic E-state index is 11.7. The maximum atomic E-state index is 11.7. The summed E-state index contributed by atoms with van der Waals surface area (Å²) in [5.41, 5.74) is 3.01. The quantitative estimate of drug-likeness (QED) is 0.839. The molecular formula is C16H17NO3. The summed E-state index contributed by atoms with van der Waals surface area (Å²) in [7, 11) is 1.37. The lowest BCUT2D eigenvalue weighted by atomic mass is 10.1. The van der Waals surface area contributed by atoms with E-state index >= 15 is 0 Å². The van der Waals surface area contributed by atoms with Crippen molar-refractivity contribution >= 4 is 11.7 Å². The number of phenols is 1. The molecule has 0 aromatic heterocycles. The summed E-state index contributed by atoms with van der Waals surface area (Å²) >= 11 is 0. The van der Waals surface area contributed by atoms with Crippen LogP contribution in [0.4, 0.5) is 5.69 Å². The number of anilines is 1. The van der Waals surface area contributed by atoms with Crippen molar-refractivity contribution in [3.8, 4) is 5.75 Å². The fourth-order valence-electron chi connectivity index (χ4n) is 1.90. The minimum absolute atomic E-state index is 0.247. The third kappa shape index (κ3) is 3.09. The number of aryl methyl sites for hydroxylation is 1. The van der Waals surface area contributed by atoms with Gasteiger partial charge in [0.1, 0.15) is 5.75 Å². The Bertz CT molecular complexity index is 623. The summed E-state index contributed by atoms with van der Waals surface area (Å²) in [5.74, 6) is -0.106. The Kier molecular flexibility index (Phi) is 4.25. The number of ether oxygens (including phenoxy) is 1. The number of phenolic OH excluding ortho intramolecular Hbond substituents is 1. The van der Waals surface area contributed by atoms with Gasteiger partial charge in [-0.3, -0.25) is 0 Å². The van der Waals surface area contributed by atoms with Crippen molar-refractivity contribution < 1.29 is 14.6 Å². The zero-order chi connectivity index (χ0) is 14.5. The van der Waals surface area contributed by atoms with Gasteiger partial charge < -0.3 is 15.2 Å². The van der Waals surface area contributed by atoms with Gasteiger partial charge in [-0.25, -0.2) is 4.79 Å². The molecule has 2 rings (SSSR count). The van der Waals surface area contributed by atoms with E-state index in [0.29, 0.717) is 12.1 Å². The lowest BCUT2D eigenvalue weighted by molar-refractivity contribution is 0.0599. The van der Waals surface area contributed by atoms with Gasteiger partial charge in [-0.15, -0.1) is 0 Å². The van der Waals surface area contributed by atoms with E-state index in [9.17, 15) is 9.90 Å². The number of carbonyl (C=O) groups is 1. The molecule has 0 heterocycles. The number of methoxy groups -OCH3 is 1. The number of esters is 1. The van der Waals surface area contributed by atoms with Crippen LogP contribution in [-0.2, 0) is 11.3 Å². The van der Waals surface area contributed by atoms with Crippen LogP contribution in [0.5, 0.6) is 5.75 Å². The molecule has 0 fully saturated rings. The molecule has 0 unspecified atom stereocenters. The second-order valence-corrected chi connectivity index (χ2v) is 4.50. The first kappa shape index (κ1) is 13.9. The molecule has 2 aromatic rings. The Morgan fingerprint density at radius 2 is 2.00 bits per heavy atom. The Labute approximate surface area is 118 Å². The van der Waals surface area contributed by atoms with E-state index < -0.39 is 0 Å². The summed E-state index contributed by atoms with van der Waals surface area (Å²) in [6.45, 7) is 2.32. The third-order valence-corrected chi connectivity index (χ3v) is 3.11. The topological polar surface area (TPSA) is 58.6 Å². The fraction of sp³-hybridized carbons (Fsp3) is 0.188. The smallest absolute Gasteiger partial charge is 0.338 e. The Morgan fingerprint density at radius 1 is 1.25 bits per heavy atom. The van der Waals surface area contributed by atoms with Gasteiger partial charge in [0.15, 0.2) is 0 Å². The average molecular weight is 271 g/mol. The van der Waals surface area contributed by atoms with Crippen molar-refractivity contribution in [2.24, 2.45) is 0 Å². The monoisotopic (exact) mass is 271 g/mol. The average Bonchev–Trinajstić information content (AvgIpc) is 2.48. The van der Waals surface area contributed by atoms with Gasteiger partial charge >= 0.3 is 5.97 Å². The molecule has 4 heteroatoms. The third-order valence-electron chi connectivity index (χ3n) is 3.11. The highest BCUT2D eigenvalue weighted by molar-refractivity contribution is 5.91. The zero-order valence-electron chi connectivity index (χ0n) is 11.5. The molecule has 20 heavy (non-hydrogen) atoms. The van der Waals surface area contributed by atoms with E-state index in [4.69, 9.17) is 4.74 Å². The molecule has 0 aliphatic carbocycles. The molecule has 4 nitrogen and oxygen atoms in total. The molecule has 2 aromatic carbocycles. The highest BCUT2D eigenvalue weighted by atomic mass is 16.5. The number of rotatable bonds is 4. The van der Waals surface area contributed by atoms with Crippen LogP contribution >= 0.6 is 0 Å². The largest absolute Gasteiger partial charge is 0.508 e. The Morgan fingerprint density at radius 3 is 2.70 bits per heavy atom. The van der Waals surface area contributed by atoms with Gasteiger partial charge in [-0.1, -0.05) is 24.3 Å². The molecule has 2 N–H and O–H groups in total. The molecule has 0 spiro atoms. The normalized spacial score (nSPS) is 10.1. The zero-order valence-corrected chi connectivity index (χ0v) is 11.5. The molecule has 0 aliphatic heterocycles. The summed E-state index contributed by atoms with van der Waals surface area (Å²) in [5, 5.41) is 12.8. The van der Waals surface area contributed by atoms with Crippen LogP contribution in [0.3, 0.4) is 0 Å². The van der Waals surface area contributed by atoms with Crippen LogP contribution in [0.15, 0.2) is 42.5 Å². The molecule has 0 saturated carbocycles. The van der Waals surface area contributed by atoms with Crippen LogP contribution in [0.1, 0.15) is 21.5 Å². The van der Waals surface area contributed by atoms with E-state index in [1.165, 1.54) is 7.11 Å². The number of hydrogen-bond acceptors (Lipinski definition) is 4. The van der Waals surface area contributed by atoms with Crippen molar-refractivity contribution in [2.45, 2.75) is 13.5 Å². The minimum atomic E-state index is -0.353. The number of hydrogen-bond donors (Lipinski definition) is 2. The maximum Gasteiger partial charge on any atom is 0.338 e. The van der Waals surface area contributed by atoms with Gasteiger partial charge in [-0.2, -0.15) is 0 Å². The van der Waals surface area contributed by atoms with Crippen molar-refractivity contribution in [3.05, 3.63) is 59.2 Å². The SMILES string of the molecule is COC(=O)c1ccccc1CNc1ccc(C)c(O)c1. The van der Waals surface area contributed by atoms with Crippen molar-refractivity contribution in [2.75, 3.05) is 12.4 Å². The number of aromatic hydroxyl groups is 1. The van der Waals surface area contributed by atoms with Gasteiger partial charge in [0, 0.05) is 18.3 Å². The summed E-state index contributed by atoms with van der Waals surface area (Å²) in [6, 6.07) is 12.7. The molecule has 0 radical (unpaired) electrons. The van der Waals surface area contributed by atoms with Crippen LogP contribution in [0.2, 0.25) is 0 Å². The number of nitrogens with one attached hydrogen (secondary N) is 1.